The zero-order valence-electron chi connectivity index (χ0n) is 16.3. The summed E-state index contributed by atoms with van der Waals surface area (Å²) in [5, 5.41) is -0.0287. The molecule has 2 aromatic rings. The number of carbonyl (C=O) groups excluding carboxylic acids is 2. The molecule has 0 N–H and O–H groups in total. The van der Waals surface area contributed by atoms with E-state index in [0.29, 0.717) is 50.1 Å². The van der Waals surface area contributed by atoms with Gasteiger partial charge in [0.2, 0.25) is 5.28 Å². The average Bonchev–Trinajstić information content (AvgIpc) is 3.33. The topological polar surface area (TPSA) is 96.2 Å². The van der Waals surface area contributed by atoms with Crippen molar-refractivity contribution in [2.75, 3.05) is 13.2 Å². The third-order valence-corrected chi connectivity index (χ3v) is 6.98. The van der Waals surface area contributed by atoms with E-state index in [2.05, 4.69) is 15.0 Å². The van der Waals surface area contributed by atoms with Crippen molar-refractivity contribution >= 4 is 34.3 Å². The van der Waals surface area contributed by atoms with Gasteiger partial charge in [0.05, 0.1) is 30.9 Å². The fraction of sp³-hybridized carbons (Fsp3) is 0.650. The van der Waals surface area contributed by atoms with Crippen molar-refractivity contribution in [3.05, 3.63) is 17.3 Å². The van der Waals surface area contributed by atoms with Crippen molar-refractivity contribution in [3.63, 3.8) is 0 Å². The van der Waals surface area contributed by atoms with Gasteiger partial charge in [-0.3, -0.25) is 9.59 Å². The summed E-state index contributed by atoms with van der Waals surface area (Å²) in [6.45, 7) is 0.980. The summed E-state index contributed by atoms with van der Waals surface area (Å²) in [6, 6.07) is 0. The van der Waals surface area contributed by atoms with Gasteiger partial charge in [0, 0.05) is 13.5 Å². The Kier molecular flexibility index (Phi) is 4.49. The number of nitrogens with zero attached hydrogens (tertiary/aromatic N) is 4. The van der Waals surface area contributed by atoms with Crippen molar-refractivity contribution in [3.8, 4) is 0 Å². The van der Waals surface area contributed by atoms with Crippen LogP contribution in [0, 0.1) is 11.3 Å². The van der Waals surface area contributed by atoms with E-state index in [-0.39, 0.29) is 22.5 Å². The molecule has 0 amide bonds. The van der Waals surface area contributed by atoms with Crippen molar-refractivity contribution < 1.29 is 19.1 Å². The van der Waals surface area contributed by atoms with E-state index in [1.807, 2.05) is 0 Å². The minimum atomic E-state index is -0.884. The second-order valence-corrected chi connectivity index (χ2v) is 8.62. The lowest BCUT2D eigenvalue weighted by atomic mass is 9.57. The number of carbonyl (C=O) groups is 2. The van der Waals surface area contributed by atoms with Crippen LogP contribution in [0.5, 0.6) is 0 Å². The monoisotopic (exact) mass is 418 g/mol. The number of ketones is 2. The fourth-order valence-electron chi connectivity index (χ4n) is 5.48. The molecule has 5 rings (SSSR count). The van der Waals surface area contributed by atoms with Crippen LogP contribution < -0.4 is 0 Å². The van der Waals surface area contributed by atoms with Gasteiger partial charge in [0.1, 0.15) is 11.2 Å². The molecule has 2 aromatic heterocycles. The van der Waals surface area contributed by atoms with Crippen LogP contribution in [0.1, 0.15) is 55.4 Å². The Balaban J connectivity index is 1.55. The molecule has 1 saturated heterocycles. The summed E-state index contributed by atoms with van der Waals surface area (Å²) in [5.41, 5.74) is 0.207. The van der Waals surface area contributed by atoms with Crippen LogP contribution >= 0.6 is 11.6 Å². The molecule has 3 heterocycles. The SMILES string of the molecule is Cn1cnc2c(C(=O)C3CCC[C@@]4(CCCCC45OCCO5)C3=O)nc(Cl)nc21. The second kappa shape index (κ2) is 6.82. The van der Waals surface area contributed by atoms with Crippen LogP contribution in [0.4, 0.5) is 0 Å². The van der Waals surface area contributed by atoms with E-state index in [0.717, 1.165) is 19.3 Å². The summed E-state index contributed by atoms with van der Waals surface area (Å²) >= 11 is 6.07. The smallest absolute Gasteiger partial charge is 0.225 e. The second-order valence-electron chi connectivity index (χ2n) is 8.28. The number of hydrogen-bond acceptors (Lipinski definition) is 7. The van der Waals surface area contributed by atoms with E-state index in [9.17, 15) is 9.59 Å². The van der Waals surface area contributed by atoms with Gasteiger partial charge in [0.15, 0.2) is 23.0 Å². The van der Waals surface area contributed by atoms with Gasteiger partial charge in [-0.1, -0.05) is 12.8 Å². The van der Waals surface area contributed by atoms with Crippen LogP contribution in [0.15, 0.2) is 6.33 Å². The Morgan fingerprint density at radius 1 is 1.17 bits per heavy atom. The van der Waals surface area contributed by atoms with E-state index in [4.69, 9.17) is 21.1 Å². The Morgan fingerprint density at radius 2 is 1.90 bits per heavy atom. The molecule has 3 fully saturated rings. The molecule has 2 spiro atoms. The van der Waals surface area contributed by atoms with Gasteiger partial charge in [-0.05, 0) is 37.3 Å². The molecule has 2 aliphatic carbocycles. The van der Waals surface area contributed by atoms with Crippen LogP contribution in [-0.2, 0) is 21.3 Å². The average molecular weight is 419 g/mol. The Bertz CT molecular complexity index is 996. The summed E-state index contributed by atoms with van der Waals surface area (Å²) in [5.74, 6) is -2.08. The third kappa shape index (κ3) is 2.69. The van der Waals surface area contributed by atoms with Crippen LogP contribution in [-0.4, -0.2) is 50.1 Å². The molecule has 0 radical (unpaired) electrons. The molecule has 3 aliphatic rings. The molecule has 9 heteroatoms. The first-order valence-corrected chi connectivity index (χ1v) is 10.6. The first-order valence-electron chi connectivity index (χ1n) is 10.2. The first kappa shape index (κ1) is 19.1. The quantitative estimate of drug-likeness (QED) is 0.420. The zero-order valence-corrected chi connectivity index (χ0v) is 17.1. The van der Waals surface area contributed by atoms with Gasteiger partial charge in [-0.25, -0.2) is 9.97 Å². The number of hydrogen-bond donors (Lipinski definition) is 0. The highest BCUT2D eigenvalue weighted by atomic mass is 35.5. The van der Waals surface area contributed by atoms with Crippen molar-refractivity contribution in [1.82, 2.24) is 19.5 Å². The maximum Gasteiger partial charge on any atom is 0.225 e. The first-order chi connectivity index (χ1) is 14.0. The Morgan fingerprint density at radius 3 is 2.69 bits per heavy atom. The Labute approximate surface area is 173 Å². The van der Waals surface area contributed by atoms with Crippen LogP contribution in [0.25, 0.3) is 11.2 Å². The molecule has 0 aromatic carbocycles. The summed E-state index contributed by atoms with van der Waals surface area (Å²) in [7, 11) is 1.77. The van der Waals surface area contributed by atoms with Gasteiger partial charge >= 0.3 is 0 Å². The predicted octanol–water partition coefficient (Wildman–Crippen LogP) is 2.87. The molecular weight excluding hydrogens is 396 g/mol. The lowest BCUT2D eigenvalue weighted by molar-refractivity contribution is -0.255. The molecule has 29 heavy (non-hydrogen) atoms. The van der Waals surface area contributed by atoms with Gasteiger partial charge in [-0.2, -0.15) is 4.98 Å². The lowest BCUT2D eigenvalue weighted by Gasteiger charge is -2.51. The predicted molar refractivity (Wildman–Crippen MR) is 104 cm³/mol. The van der Waals surface area contributed by atoms with E-state index in [1.165, 1.54) is 0 Å². The maximum atomic E-state index is 13.8. The molecule has 0 bridgehead atoms. The number of fused-ring (bicyclic) bond motifs is 2. The van der Waals surface area contributed by atoms with Crippen molar-refractivity contribution in [2.45, 2.75) is 50.7 Å². The highest BCUT2D eigenvalue weighted by Gasteiger charge is 2.63. The number of Topliss-reactive ketones (excluding diaryl/α,β-unsaturated/α-hetero) is 2. The van der Waals surface area contributed by atoms with Gasteiger partial charge < -0.3 is 14.0 Å². The van der Waals surface area contributed by atoms with E-state index < -0.39 is 17.1 Å². The van der Waals surface area contributed by atoms with Gasteiger partial charge in [0.25, 0.3) is 0 Å². The number of rotatable bonds is 2. The number of aromatic nitrogens is 4. The molecule has 8 nitrogen and oxygen atoms in total. The van der Waals surface area contributed by atoms with Crippen LogP contribution in [0.2, 0.25) is 5.28 Å². The standard InChI is InChI=1S/C20H23ClN4O4/c1-25-11-22-14-13(23-18(21)24-17(14)25)15(26)12-5-4-7-19(16(12)27)6-2-3-8-20(19)28-9-10-29-20/h11-12H,2-10H2,1H3/t12?,19-/m0/s1. The van der Waals surface area contributed by atoms with Gasteiger partial charge in [-0.15, -0.1) is 0 Å². The molecular formula is C20H23ClN4O4. The highest BCUT2D eigenvalue weighted by molar-refractivity contribution is 6.29. The normalized spacial score (nSPS) is 29.2. The van der Waals surface area contributed by atoms with Crippen LogP contribution in [0.3, 0.4) is 0 Å². The maximum absolute atomic E-state index is 13.8. The summed E-state index contributed by atoms with van der Waals surface area (Å²) < 4.78 is 13.8. The fourth-order valence-corrected chi connectivity index (χ4v) is 5.64. The lowest BCUT2D eigenvalue weighted by Crippen LogP contribution is -2.60. The Hall–Kier alpha value is -1.90. The number of aryl methyl sites for hydroxylation is 1. The third-order valence-electron chi connectivity index (χ3n) is 6.81. The van der Waals surface area contributed by atoms with Crippen molar-refractivity contribution in [2.24, 2.45) is 18.4 Å². The molecule has 1 unspecified atom stereocenters. The molecule has 154 valence electrons. The number of imidazole rings is 1. The summed E-state index contributed by atoms with van der Waals surface area (Å²) in [4.78, 5) is 39.9. The highest BCUT2D eigenvalue weighted by Crippen LogP contribution is 2.56. The number of ether oxygens (including phenoxy) is 2. The van der Waals surface area contributed by atoms with E-state index in [1.54, 1.807) is 17.9 Å². The zero-order chi connectivity index (χ0) is 20.2. The summed E-state index contributed by atoms with van der Waals surface area (Å²) in [6.07, 6.45) is 6.80. The number of halogens is 1. The minimum Gasteiger partial charge on any atom is -0.346 e. The molecule has 2 saturated carbocycles. The van der Waals surface area contributed by atoms with E-state index >= 15 is 0 Å². The molecule has 1 aliphatic heterocycles. The molecule has 2 atom stereocenters. The largest absolute Gasteiger partial charge is 0.346 e. The van der Waals surface area contributed by atoms with Crippen molar-refractivity contribution in [1.29, 1.82) is 0 Å². The minimum absolute atomic E-state index is 0.0287.